The second-order valence-corrected chi connectivity index (χ2v) is 2.28. The molecule has 0 aliphatic carbocycles. The number of anilines is 3. The largest absolute Gasteiger partial charge is 0.706 e. The van der Waals surface area contributed by atoms with E-state index in [2.05, 4.69) is 5.32 Å². The molecular weight excluding hydrogens is 178 g/mol. The van der Waals surface area contributed by atoms with E-state index in [9.17, 15) is 15.5 Å². The molecule has 0 aliphatic heterocycles. The monoisotopic (exact) mass is 187 g/mol. The fourth-order valence-corrected chi connectivity index (χ4v) is 0.854. The third kappa shape index (κ3) is 1.08. The molecule has 0 fully saturated rings. The van der Waals surface area contributed by atoms with Crippen molar-refractivity contribution in [2.24, 2.45) is 0 Å². The van der Waals surface area contributed by atoms with Gasteiger partial charge >= 0.3 is 11.8 Å². The maximum atomic E-state index is 11.1. The van der Waals surface area contributed by atoms with E-state index in [1.165, 1.54) is 7.05 Å². The van der Waals surface area contributed by atoms with Crippen molar-refractivity contribution < 1.29 is 14.6 Å². The molecule has 0 saturated heterocycles. The van der Waals surface area contributed by atoms with E-state index in [0.717, 1.165) is 0 Å². The summed E-state index contributed by atoms with van der Waals surface area (Å²) in [5.74, 6) is -2.06. The number of aromatic hydroxyl groups is 1. The summed E-state index contributed by atoms with van der Waals surface area (Å²) in [4.78, 5) is 0. The van der Waals surface area contributed by atoms with Crippen molar-refractivity contribution in [3.63, 3.8) is 0 Å². The van der Waals surface area contributed by atoms with Gasteiger partial charge in [0, 0.05) is 7.05 Å². The predicted molar refractivity (Wildman–Crippen MR) is 44.4 cm³/mol. The second-order valence-electron chi connectivity index (χ2n) is 2.28. The Hall–Kier alpha value is -2.12. The smallest absolute Gasteiger partial charge is 0.451 e. The Balaban J connectivity index is 3.56. The Morgan fingerprint density at radius 2 is 1.85 bits per heavy atom. The molecule has 8 heteroatoms. The van der Waals surface area contributed by atoms with Gasteiger partial charge in [-0.05, 0) is 0 Å². The number of aromatic nitrogens is 2. The van der Waals surface area contributed by atoms with Crippen molar-refractivity contribution in [1.82, 2.24) is 0 Å². The van der Waals surface area contributed by atoms with Gasteiger partial charge < -0.3 is 20.8 Å². The molecule has 0 unspecified atom stereocenters. The zero-order valence-electron chi connectivity index (χ0n) is 6.81. The van der Waals surface area contributed by atoms with Crippen molar-refractivity contribution in [2.75, 3.05) is 23.8 Å². The van der Waals surface area contributed by atoms with E-state index in [-0.39, 0.29) is 15.3 Å². The quantitative estimate of drug-likeness (QED) is 0.292. The fourth-order valence-electron chi connectivity index (χ4n) is 0.854. The zero-order chi connectivity index (χ0) is 10.2. The van der Waals surface area contributed by atoms with Crippen molar-refractivity contribution in [3.05, 3.63) is 10.4 Å². The lowest BCUT2D eigenvalue weighted by Crippen LogP contribution is -2.48. The maximum absolute atomic E-state index is 11.1. The fraction of sp³-hybridized carbons (Fsp3) is 0.200. The molecule has 6 N–H and O–H groups in total. The molecule has 1 aromatic rings. The minimum atomic E-state index is -0.653. The summed E-state index contributed by atoms with van der Waals surface area (Å²) in [5.41, 5.74) is 10.3. The van der Waals surface area contributed by atoms with Gasteiger partial charge in [0.05, 0.1) is 0 Å². The van der Waals surface area contributed by atoms with Gasteiger partial charge in [0.25, 0.3) is 11.6 Å². The van der Waals surface area contributed by atoms with Crippen LogP contribution >= 0.6 is 0 Å². The first-order valence-electron chi connectivity index (χ1n) is 3.31. The van der Waals surface area contributed by atoms with Crippen LogP contribution in [0.4, 0.5) is 17.6 Å². The Labute approximate surface area is 73.2 Å². The van der Waals surface area contributed by atoms with Gasteiger partial charge in [-0.15, -0.1) is 0 Å². The number of rotatable bonds is 1. The summed E-state index contributed by atoms with van der Waals surface area (Å²) < 4.78 is 0.00185. The van der Waals surface area contributed by atoms with Crippen molar-refractivity contribution in [2.45, 2.75) is 0 Å². The summed E-state index contributed by atoms with van der Waals surface area (Å²) in [7, 11) is 1.39. The van der Waals surface area contributed by atoms with E-state index in [4.69, 9.17) is 11.5 Å². The highest BCUT2D eigenvalue weighted by Gasteiger charge is 2.22. The first-order chi connectivity index (χ1) is 6.00. The molecule has 0 atom stereocenters. The van der Waals surface area contributed by atoms with Crippen LogP contribution < -0.4 is 26.2 Å². The second kappa shape index (κ2) is 2.73. The normalized spacial score (nSPS) is 9.92. The Morgan fingerprint density at radius 3 is 2.31 bits per heavy atom. The van der Waals surface area contributed by atoms with Crippen LogP contribution in [0.3, 0.4) is 0 Å². The van der Waals surface area contributed by atoms with Crippen LogP contribution in [0.25, 0.3) is 0 Å². The number of nitrogen functional groups attached to an aromatic ring is 2. The third-order valence-electron chi connectivity index (χ3n) is 1.54. The van der Waals surface area contributed by atoms with E-state index < -0.39 is 17.5 Å². The average molecular weight is 187 g/mol. The standard InChI is InChI=1S/C5H9N5O3/c1-8-4-2(11)3(6)9(12)5(7)10(4)13/h8,11H,6-7H2,1H3. The van der Waals surface area contributed by atoms with Gasteiger partial charge in [-0.25, -0.2) is 5.73 Å². The topological polar surface area (TPSA) is 138 Å². The Kier molecular flexibility index (Phi) is 1.89. The first-order valence-corrected chi connectivity index (χ1v) is 3.31. The lowest BCUT2D eigenvalue weighted by molar-refractivity contribution is -0.703. The summed E-state index contributed by atoms with van der Waals surface area (Å²) in [6.45, 7) is 0. The Morgan fingerprint density at radius 1 is 1.31 bits per heavy atom. The van der Waals surface area contributed by atoms with E-state index in [1.54, 1.807) is 0 Å². The number of nitrogens with zero attached hydrogens (tertiary/aromatic N) is 2. The maximum Gasteiger partial charge on any atom is 0.451 e. The molecule has 0 amide bonds. The lowest BCUT2D eigenvalue weighted by Gasteiger charge is -2.14. The van der Waals surface area contributed by atoms with Crippen LogP contribution in [0, 0.1) is 10.4 Å². The highest BCUT2D eigenvalue weighted by molar-refractivity contribution is 5.55. The predicted octanol–water partition coefficient (Wildman–Crippen LogP) is -2.13. The molecule has 1 rings (SSSR count). The first kappa shape index (κ1) is 8.97. The van der Waals surface area contributed by atoms with Crippen LogP contribution in [-0.2, 0) is 0 Å². The minimum absolute atomic E-state index is 0.0524. The number of hydrogen-bond acceptors (Lipinski definition) is 6. The van der Waals surface area contributed by atoms with Crippen LogP contribution in [0.5, 0.6) is 5.75 Å². The van der Waals surface area contributed by atoms with Crippen molar-refractivity contribution in [3.8, 4) is 5.75 Å². The molecule has 13 heavy (non-hydrogen) atoms. The molecule has 0 spiro atoms. The summed E-state index contributed by atoms with van der Waals surface area (Å²) in [6, 6.07) is 0. The van der Waals surface area contributed by atoms with Crippen LogP contribution in [0.2, 0.25) is 0 Å². The molecule has 1 heterocycles. The molecule has 0 bridgehead atoms. The average Bonchev–Trinajstić information content (AvgIpc) is 2.13. The van der Waals surface area contributed by atoms with E-state index >= 15 is 0 Å². The zero-order valence-corrected chi connectivity index (χ0v) is 6.81. The number of hydrogen-bond donors (Lipinski definition) is 4. The number of nitrogens with two attached hydrogens (primary N) is 2. The third-order valence-corrected chi connectivity index (χ3v) is 1.54. The molecule has 72 valence electrons. The molecule has 1 aromatic heterocycles. The highest BCUT2D eigenvalue weighted by atomic mass is 16.5. The van der Waals surface area contributed by atoms with Gasteiger partial charge in [0.2, 0.25) is 0 Å². The van der Waals surface area contributed by atoms with Gasteiger partial charge in [-0.3, -0.25) is 5.73 Å². The van der Waals surface area contributed by atoms with Gasteiger partial charge in [0.15, 0.2) is 0 Å². The van der Waals surface area contributed by atoms with Crippen molar-refractivity contribution >= 4 is 17.6 Å². The molecule has 0 saturated carbocycles. The SMILES string of the molecule is CNc1c(O)c(N)[n+]([O-])c(N)[n+]1[O-]. The van der Waals surface area contributed by atoms with Crippen LogP contribution in [0.15, 0.2) is 0 Å². The number of nitrogens with one attached hydrogen (secondary N) is 1. The molecule has 0 radical (unpaired) electrons. The molecule has 0 aliphatic rings. The molecule has 8 nitrogen and oxygen atoms in total. The Bertz CT molecular complexity index is 324. The van der Waals surface area contributed by atoms with Gasteiger partial charge in [0.1, 0.15) is 0 Å². The van der Waals surface area contributed by atoms with E-state index in [1.807, 2.05) is 0 Å². The summed E-state index contributed by atoms with van der Waals surface area (Å²) >= 11 is 0. The lowest BCUT2D eigenvalue weighted by atomic mass is 10.4. The van der Waals surface area contributed by atoms with Crippen molar-refractivity contribution in [1.29, 1.82) is 0 Å². The van der Waals surface area contributed by atoms with E-state index in [0.29, 0.717) is 0 Å². The summed E-state index contributed by atoms with van der Waals surface area (Å²) in [6.07, 6.45) is 0. The van der Waals surface area contributed by atoms with Crippen LogP contribution in [-0.4, -0.2) is 12.2 Å². The minimum Gasteiger partial charge on any atom is -0.706 e. The van der Waals surface area contributed by atoms with Crippen LogP contribution in [0.1, 0.15) is 0 Å². The van der Waals surface area contributed by atoms with Gasteiger partial charge in [-0.2, -0.15) is 9.46 Å². The summed E-state index contributed by atoms with van der Waals surface area (Å²) in [5, 5.41) is 33.6. The highest BCUT2D eigenvalue weighted by Crippen LogP contribution is 2.22. The molecule has 0 aromatic carbocycles. The molecular formula is C5H9N5O3. The van der Waals surface area contributed by atoms with Gasteiger partial charge in [-0.1, -0.05) is 0 Å².